The Morgan fingerprint density at radius 2 is 2.18 bits per heavy atom. The Kier molecular flexibility index (Phi) is 4.06. The van der Waals surface area contributed by atoms with Crippen molar-refractivity contribution in [1.82, 2.24) is 0 Å². The van der Waals surface area contributed by atoms with Crippen LogP contribution in [0, 0.1) is 5.92 Å². The largest absolute Gasteiger partial charge is 0.370 e. The second-order valence-corrected chi connectivity index (χ2v) is 5.25. The molecule has 94 valence electrons. The normalized spacial score (nSPS) is 20.4. The number of hydrogen-bond donors (Lipinski definition) is 1. The smallest absolute Gasteiger partial charge is 0.0402 e. The molecule has 2 atom stereocenters. The summed E-state index contributed by atoms with van der Waals surface area (Å²) in [4.78, 5) is 2.55. The van der Waals surface area contributed by atoms with Crippen molar-refractivity contribution in [3.05, 3.63) is 29.8 Å². The van der Waals surface area contributed by atoms with E-state index in [0.717, 1.165) is 25.4 Å². The molecule has 1 aromatic rings. The molecule has 0 saturated carbocycles. The maximum Gasteiger partial charge on any atom is 0.0402 e. The molecule has 0 aliphatic carbocycles. The van der Waals surface area contributed by atoms with Crippen LogP contribution in [-0.4, -0.2) is 19.6 Å². The molecule has 2 nitrogen and oxygen atoms in total. The van der Waals surface area contributed by atoms with E-state index in [9.17, 15) is 0 Å². The van der Waals surface area contributed by atoms with E-state index in [2.05, 4.69) is 43.0 Å². The first-order valence-electron chi connectivity index (χ1n) is 6.80. The summed E-state index contributed by atoms with van der Waals surface area (Å²) < 4.78 is 0. The first kappa shape index (κ1) is 12.4. The molecule has 17 heavy (non-hydrogen) atoms. The average molecular weight is 232 g/mol. The lowest BCUT2D eigenvalue weighted by molar-refractivity contribution is 0.535. The van der Waals surface area contributed by atoms with Gasteiger partial charge in [0, 0.05) is 24.7 Å². The molecule has 2 N–H and O–H groups in total. The van der Waals surface area contributed by atoms with E-state index < -0.39 is 0 Å². The number of rotatable bonds is 5. The molecule has 1 aromatic carbocycles. The maximum atomic E-state index is 5.72. The first-order chi connectivity index (χ1) is 8.26. The van der Waals surface area contributed by atoms with Crippen molar-refractivity contribution in [1.29, 1.82) is 0 Å². The zero-order valence-corrected chi connectivity index (χ0v) is 11.0. The molecule has 0 amide bonds. The monoisotopic (exact) mass is 232 g/mol. The van der Waals surface area contributed by atoms with Gasteiger partial charge >= 0.3 is 0 Å². The third kappa shape index (κ3) is 2.63. The van der Waals surface area contributed by atoms with Crippen LogP contribution in [0.25, 0.3) is 0 Å². The van der Waals surface area contributed by atoms with E-state index in [0.29, 0.717) is 5.92 Å². The highest BCUT2D eigenvalue weighted by Gasteiger charge is 2.27. The van der Waals surface area contributed by atoms with Gasteiger partial charge in [-0.2, -0.15) is 0 Å². The summed E-state index contributed by atoms with van der Waals surface area (Å²) in [6.45, 7) is 7.72. The maximum absolute atomic E-state index is 5.72. The summed E-state index contributed by atoms with van der Waals surface area (Å²) in [5.41, 5.74) is 8.66. The third-order valence-electron chi connectivity index (χ3n) is 3.90. The molecule has 0 fully saturated rings. The van der Waals surface area contributed by atoms with Gasteiger partial charge in [-0.05, 0) is 30.5 Å². The highest BCUT2D eigenvalue weighted by atomic mass is 15.2. The molecule has 0 radical (unpaired) electrons. The number of hydrogen-bond acceptors (Lipinski definition) is 2. The van der Waals surface area contributed by atoms with Crippen molar-refractivity contribution in [3.63, 3.8) is 0 Å². The number of para-hydroxylation sites is 1. The van der Waals surface area contributed by atoms with Crippen LogP contribution in [-0.2, 0) is 0 Å². The summed E-state index contributed by atoms with van der Waals surface area (Å²) in [6.07, 6.45) is 2.36. The van der Waals surface area contributed by atoms with Crippen LogP contribution in [0.3, 0.4) is 0 Å². The number of nitrogens with two attached hydrogens (primary N) is 1. The summed E-state index contributed by atoms with van der Waals surface area (Å²) >= 11 is 0. The second-order valence-electron chi connectivity index (χ2n) is 5.25. The lowest BCUT2D eigenvalue weighted by Gasteiger charge is -2.23. The molecule has 1 aliphatic heterocycles. The van der Waals surface area contributed by atoms with Gasteiger partial charge in [-0.1, -0.05) is 38.5 Å². The minimum Gasteiger partial charge on any atom is -0.370 e. The first-order valence-corrected chi connectivity index (χ1v) is 6.80. The van der Waals surface area contributed by atoms with Gasteiger partial charge in [-0.3, -0.25) is 0 Å². The predicted molar refractivity (Wildman–Crippen MR) is 74.5 cm³/mol. The zero-order valence-electron chi connectivity index (χ0n) is 11.0. The summed E-state index contributed by atoms with van der Waals surface area (Å²) in [7, 11) is 0. The minimum absolute atomic E-state index is 0.639. The number of anilines is 1. The van der Waals surface area contributed by atoms with Crippen LogP contribution < -0.4 is 10.6 Å². The quantitative estimate of drug-likeness (QED) is 0.845. The van der Waals surface area contributed by atoms with Crippen molar-refractivity contribution >= 4 is 5.69 Å². The Labute approximate surface area is 105 Å². The minimum atomic E-state index is 0.639. The van der Waals surface area contributed by atoms with Gasteiger partial charge in [0.15, 0.2) is 0 Å². The summed E-state index contributed by atoms with van der Waals surface area (Å²) in [6, 6.07) is 8.82. The Morgan fingerprint density at radius 3 is 2.88 bits per heavy atom. The molecule has 0 saturated heterocycles. The van der Waals surface area contributed by atoms with Crippen molar-refractivity contribution in [2.75, 3.05) is 24.5 Å². The van der Waals surface area contributed by atoms with Gasteiger partial charge in [0.05, 0.1) is 0 Å². The van der Waals surface area contributed by atoms with Gasteiger partial charge in [0.2, 0.25) is 0 Å². The van der Waals surface area contributed by atoms with Crippen molar-refractivity contribution in [3.8, 4) is 0 Å². The fourth-order valence-corrected chi connectivity index (χ4v) is 2.71. The number of nitrogens with zero attached hydrogens (tertiary/aromatic N) is 1. The van der Waals surface area contributed by atoms with Crippen LogP contribution in [0.4, 0.5) is 5.69 Å². The molecule has 2 heteroatoms. The van der Waals surface area contributed by atoms with E-state index >= 15 is 0 Å². The fourth-order valence-electron chi connectivity index (χ4n) is 2.71. The molecule has 2 unspecified atom stereocenters. The van der Waals surface area contributed by atoms with Crippen LogP contribution in [0.15, 0.2) is 24.3 Å². The number of fused-ring (bicyclic) bond motifs is 1. The van der Waals surface area contributed by atoms with Gasteiger partial charge < -0.3 is 10.6 Å². The van der Waals surface area contributed by atoms with Crippen molar-refractivity contribution in [2.24, 2.45) is 11.7 Å². The fraction of sp³-hybridized carbons (Fsp3) is 0.600. The Balaban J connectivity index is 2.16. The lowest BCUT2D eigenvalue weighted by atomic mass is 9.98. The zero-order chi connectivity index (χ0) is 12.3. The Bertz CT molecular complexity index is 362. The van der Waals surface area contributed by atoms with E-state index in [-0.39, 0.29) is 0 Å². The van der Waals surface area contributed by atoms with E-state index in [1.54, 1.807) is 0 Å². The second kappa shape index (κ2) is 5.54. The standard InChI is InChI=1S/C15H24N2/c1-3-12(2)10-17-11-13(8-9-16)14-6-4-5-7-15(14)17/h4-7,12-13H,3,8-11,16H2,1-2H3. The average Bonchev–Trinajstić information content (AvgIpc) is 2.69. The van der Waals surface area contributed by atoms with Crippen molar-refractivity contribution < 1.29 is 0 Å². The Hall–Kier alpha value is -1.02. The Morgan fingerprint density at radius 1 is 1.41 bits per heavy atom. The molecule has 1 aliphatic rings. The van der Waals surface area contributed by atoms with Gasteiger partial charge in [0.1, 0.15) is 0 Å². The van der Waals surface area contributed by atoms with E-state index in [4.69, 9.17) is 5.73 Å². The van der Waals surface area contributed by atoms with Gasteiger partial charge in [-0.15, -0.1) is 0 Å². The topological polar surface area (TPSA) is 29.3 Å². The van der Waals surface area contributed by atoms with E-state index in [1.165, 1.54) is 24.2 Å². The third-order valence-corrected chi connectivity index (χ3v) is 3.90. The molecule has 0 spiro atoms. The SMILES string of the molecule is CCC(C)CN1CC(CCN)c2ccccc21. The molecular formula is C15H24N2. The number of benzene rings is 1. The van der Waals surface area contributed by atoms with Crippen molar-refractivity contribution in [2.45, 2.75) is 32.6 Å². The van der Waals surface area contributed by atoms with Crippen LogP contribution in [0.1, 0.15) is 38.2 Å². The molecule has 1 heterocycles. The summed E-state index contributed by atoms with van der Waals surface area (Å²) in [5.74, 6) is 1.40. The summed E-state index contributed by atoms with van der Waals surface area (Å²) in [5, 5.41) is 0. The van der Waals surface area contributed by atoms with Gasteiger partial charge in [0.25, 0.3) is 0 Å². The predicted octanol–water partition coefficient (Wildman–Crippen LogP) is 2.99. The van der Waals surface area contributed by atoms with Crippen LogP contribution in [0.5, 0.6) is 0 Å². The molecular weight excluding hydrogens is 208 g/mol. The highest BCUT2D eigenvalue weighted by Crippen LogP contribution is 2.38. The molecule has 0 aromatic heterocycles. The lowest BCUT2D eigenvalue weighted by Crippen LogP contribution is -2.27. The highest BCUT2D eigenvalue weighted by molar-refractivity contribution is 5.60. The van der Waals surface area contributed by atoms with Crippen LogP contribution >= 0.6 is 0 Å². The molecule has 2 rings (SSSR count). The van der Waals surface area contributed by atoms with Gasteiger partial charge in [-0.25, -0.2) is 0 Å². The van der Waals surface area contributed by atoms with Crippen LogP contribution in [0.2, 0.25) is 0 Å². The molecule has 0 bridgehead atoms. The van der Waals surface area contributed by atoms with E-state index in [1.807, 2.05) is 0 Å².